The van der Waals surface area contributed by atoms with Crippen LogP contribution < -0.4 is 10.2 Å². The molecular formula is C17H17ClN2O4. The van der Waals surface area contributed by atoms with Crippen LogP contribution >= 0.6 is 11.6 Å². The maximum Gasteiger partial charge on any atom is 0.277 e. The molecule has 0 bridgehead atoms. The Balaban J connectivity index is 1.94. The molecule has 0 aliphatic carbocycles. The molecule has 2 rings (SSSR count). The number of halogens is 1. The summed E-state index contributed by atoms with van der Waals surface area (Å²) in [5.41, 5.74) is 3.85. The molecule has 0 aromatic heterocycles. The van der Waals surface area contributed by atoms with Gasteiger partial charge in [-0.15, -0.1) is 0 Å². The van der Waals surface area contributed by atoms with Gasteiger partial charge < -0.3 is 14.9 Å². The number of benzene rings is 2. The number of ether oxygens (including phenoxy) is 1. The maximum absolute atomic E-state index is 11.8. The van der Waals surface area contributed by atoms with Gasteiger partial charge in [0.1, 0.15) is 17.2 Å². The van der Waals surface area contributed by atoms with Crippen molar-refractivity contribution < 1.29 is 19.7 Å². The van der Waals surface area contributed by atoms with Gasteiger partial charge in [-0.3, -0.25) is 4.79 Å². The molecule has 2 aromatic rings. The molecule has 3 N–H and O–H groups in total. The third-order valence-electron chi connectivity index (χ3n) is 3.22. The Bertz CT molecular complexity index is 790. The largest absolute Gasteiger partial charge is 0.508 e. The molecule has 0 atom stereocenters. The van der Waals surface area contributed by atoms with Gasteiger partial charge in [0.2, 0.25) is 0 Å². The highest BCUT2D eigenvalue weighted by atomic mass is 35.5. The van der Waals surface area contributed by atoms with Crippen LogP contribution in [0.4, 0.5) is 0 Å². The van der Waals surface area contributed by atoms with Crippen molar-refractivity contribution in [3.63, 3.8) is 0 Å². The number of nitrogens with zero attached hydrogens (tertiary/aromatic N) is 1. The predicted molar refractivity (Wildman–Crippen MR) is 91.8 cm³/mol. The van der Waals surface area contributed by atoms with Gasteiger partial charge in [0.05, 0.1) is 5.71 Å². The fourth-order valence-electron chi connectivity index (χ4n) is 1.91. The molecule has 0 fully saturated rings. The molecule has 1 amide bonds. The summed E-state index contributed by atoms with van der Waals surface area (Å²) < 4.78 is 5.36. The number of amides is 1. The van der Waals surface area contributed by atoms with Gasteiger partial charge in [-0.1, -0.05) is 11.6 Å². The van der Waals surface area contributed by atoms with E-state index < -0.39 is 5.91 Å². The molecule has 126 valence electrons. The summed E-state index contributed by atoms with van der Waals surface area (Å²) in [7, 11) is 0. The van der Waals surface area contributed by atoms with Crippen LogP contribution in [0.25, 0.3) is 0 Å². The van der Waals surface area contributed by atoms with Gasteiger partial charge in [-0.05, 0) is 55.8 Å². The molecule has 24 heavy (non-hydrogen) atoms. The van der Waals surface area contributed by atoms with E-state index in [0.29, 0.717) is 22.0 Å². The number of nitrogens with one attached hydrogen (secondary N) is 1. The number of carbonyl (C=O) groups is 1. The normalized spacial score (nSPS) is 11.2. The van der Waals surface area contributed by atoms with Crippen LogP contribution in [-0.4, -0.2) is 28.4 Å². The maximum atomic E-state index is 11.8. The van der Waals surface area contributed by atoms with Crippen LogP contribution in [-0.2, 0) is 4.79 Å². The Morgan fingerprint density at radius 3 is 2.71 bits per heavy atom. The predicted octanol–water partition coefficient (Wildman–Crippen LogP) is 2.98. The van der Waals surface area contributed by atoms with Crippen molar-refractivity contribution in [2.75, 3.05) is 6.61 Å². The van der Waals surface area contributed by atoms with Crippen LogP contribution in [0.2, 0.25) is 5.02 Å². The number of aromatic hydroxyl groups is 2. The van der Waals surface area contributed by atoms with Crippen LogP contribution in [0.1, 0.15) is 18.1 Å². The lowest BCUT2D eigenvalue weighted by Crippen LogP contribution is -2.25. The van der Waals surface area contributed by atoms with Gasteiger partial charge in [0.25, 0.3) is 5.91 Å². The Morgan fingerprint density at radius 2 is 2.00 bits per heavy atom. The Morgan fingerprint density at radius 1 is 1.25 bits per heavy atom. The smallest absolute Gasteiger partial charge is 0.277 e. The first-order chi connectivity index (χ1) is 11.4. The topological polar surface area (TPSA) is 91.2 Å². The van der Waals surface area contributed by atoms with Gasteiger partial charge in [-0.2, -0.15) is 5.10 Å². The summed E-state index contributed by atoms with van der Waals surface area (Å²) >= 11 is 5.92. The second kappa shape index (κ2) is 7.70. The quantitative estimate of drug-likeness (QED) is 0.440. The minimum absolute atomic E-state index is 0.00915. The molecule has 0 aliphatic heterocycles. The fraction of sp³-hybridized carbons (Fsp3) is 0.176. The number of hydrazone groups is 1. The van der Waals surface area contributed by atoms with Crippen LogP contribution in [0.3, 0.4) is 0 Å². The molecule has 2 aromatic carbocycles. The van der Waals surface area contributed by atoms with E-state index >= 15 is 0 Å². The molecule has 0 aliphatic rings. The zero-order valence-corrected chi connectivity index (χ0v) is 14.0. The zero-order valence-electron chi connectivity index (χ0n) is 13.2. The Hall–Kier alpha value is -2.73. The van der Waals surface area contributed by atoms with Crippen LogP contribution in [0, 0.1) is 6.92 Å². The van der Waals surface area contributed by atoms with Gasteiger partial charge >= 0.3 is 0 Å². The van der Waals surface area contributed by atoms with E-state index in [2.05, 4.69) is 10.5 Å². The van der Waals surface area contributed by atoms with Crippen molar-refractivity contribution in [3.05, 3.63) is 52.5 Å². The monoisotopic (exact) mass is 348 g/mol. The van der Waals surface area contributed by atoms with Crippen molar-refractivity contribution in [2.24, 2.45) is 5.10 Å². The summed E-state index contributed by atoms with van der Waals surface area (Å²) in [6.07, 6.45) is 0. The highest BCUT2D eigenvalue weighted by Gasteiger charge is 2.08. The van der Waals surface area contributed by atoms with Crippen molar-refractivity contribution in [3.8, 4) is 17.2 Å². The molecule has 7 heteroatoms. The van der Waals surface area contributed by atoms with E-state index in [0.717, 1.165) is 5.56 Å². The fourth-order valence-corrected chi connectivity index (χ4v) is 2.03. The van der Waals surface area contributed by atoms with Crippen LogP contribution in [0.15, 0.2) is 41.5 Å². The van der Waals surface area contributed by atoms with E-state index in [1.807, 2.05) is 6.92 Å². The van der Waals surface area contributed by atoms with Crippen molar-refractivity contribution in [2.45, 2.75) is 13.8 Å². The number of phenolic OH excluding ortho intramolecular Hbond substituents is 2. The third kappa shape index (κ3) is 4.63. The molecule has 0 spiro atoms. The number of hydrogen-bond acceptors (Lipinski definition) is 5. The second-order valence-corrected chi connectivity index (χ2v) is 5.54. The number of aryl methyl sites for hydroxylation is 1. The van der Waals surface area contributed by atoms with E-state index in [-0.39, 0.29) is 18.1 Å². The highest BCUT2D eigenvalue weighted by molar-refractivity contribution is 6.31. The lowest BCUT2D eigenvalue weighted by Gasteiger charge is -2.08. The van der Waals surface area contributed by atoms with Crippen molar-refractivity contribution in [1.29, 1.82) is 0 Å². The minimum Gasteiger partial charge on any atom is -0.508 e. The average Bonchev–Trinajstić information content (AvgIpc) is 2.56. The summed E-state index contributed by atoms with van der Waals surface area (Å²) in [5, 5.41) is 23.7. The summed E-state index contributed by atoms with van der Waals surface area (Å²) in [4.78, 5) is 11.8. The molecule has 0 saturated carbocycles. The average molecular weight is 349 g/mol. The molecule has 0 heterocycles. The lowest BCUT2D eigenvalue weighted by atomic mass is 10.1. The van der Waals surface area contributed by atoms with Crippen molar-refractivity contribution in [1.82, 2.24) is 5.43 Å². The highest BCUT2D eigenvalue weighted by Crippen LogP contribution is 2.23. The lowest BCUT2D eigenvalue weighted by molar-refractivity contribution is -0.123. The SMILES string of the molecule is C/C(=N/NC(=O)COc1ccc(Cl)c(C)c1)c1cc(O)ccc1O. The second-order valence-electron chi connectivity index (χ2n) is 5.13. The molecule has 0 unspecified atom stereocenters. The summed E-state index contributed by atoms with van der Waals surface area (Å²) in [6.45, 7) is 3.22. The standard InChI is InChI=1S/C17H17ClN2O4/c1-10-7-13(4-5-15(10)18)24-9-17(23)20-19-11(2)14-8-12(21)3-6-16(14)22/h3-8,21-22H,9H2,1-2H3,(H,20,23)/b19-11-. The van der Waals surface area contributed by atoms with Crippen LogP contribution in [0.5, 0.6) is 17.2 Å². The van der Waals surface area contributed by atoms with E-state index in [9.17, 15) is 15.0 Å². The minimum atomic E-state index is -0.457. The van der Waals surface area contributed by atoms with Gasteiger partial charge in [-0.25, -0.2) is 5.43 Å². The first-order valence-corrected chi connectivity index (χ1v) is 7.49. The summed E-state index contributed by atoms with van der Waals surface area (Å²) in [6, 6.07) is 9.14. The third-order valence-corrected chi connectivity index (χ3v) is 3.64. The molecular weight excluding hydrogens is 332 g/mol. The number of phenols is 2. The Kier molecular flexibility index (Phi) is 5.65. The Labute approximate surface area is 144 Å². The molecule has 0 radical (unpaired) electrons. The number of carbonyl (C=O) groups excluding carboxylic acids is 1. The molecule has 0 saturated heterocycles. The molecule has 6 nitrogen and oxygen atoms in total. The zero-order chi connectivity index (χ0) is 17.7. The van der Waals surface area contributed by atoms with E-state index in [1.54, 1.807) is 25.1 Å². The van der Waals surface area contributed by atoms with Gasteiger partial charge in [0, 0.05) is 10.6 Å². The van der Waals surface area contributed by atoms with Crippen molar-refractivity contribution >= 4 is 23.2 Å². The number of hydrogen-bond donors (Lipinski definition) is 3. The van der Waals surface area contributed by atoms with Gasteiger partial charge in [0.15, 0.2) is 6.61 Å². The first-order valence-electron chi connectivity index (χ1n) is 7.11. The first kappa shape index (κ1) is 17.6. The van der Waals surface area contributed by atoms with E-state index in [1.165, 1.54) is 18.2 Å². The number of rotatable bonds is 5. The summed E-state index contributed by atoms with van der Waals surface area (Å²) in [5.74, 6) is 0.0151. The van der Waals surface area contributed by atoms with E-state index in [4.69, 9.17) is 16.3 Å².